The fourth-order valence-corrected chi connectivity index (χ4v) is 4.13. The van der Waals surface area contributed by atoms with E-state index in [9.17, 15) is 5.26 Å². The predicted molar refractivity (Wildman–Crippen MR) is 80.4 cm³/mol. The summed E-state index contributed by atoms with van der Waals surface area (Å²) < 4.78 is 0. The van der Waals surface area contributed by atoms with E-state index >= 15 is 0 Å². The van der Waals surface area contributed by atoms with Crippen LogP contribution in [-0.2, 0) is 0 Å². The fourth-order valence-electron chi connectivity index (χ4n) is 2.89. The summed E-state index contributed by atoms with van der Waals surface area (Å²) in [7, 11) is 0. The van der Waals surface area contributed by atoms with Crippen molar-refractivity contribution < 1.29 is 0 Å². The summed E-state index contributed by atoms with van der Waals surface area (Å²) in [6, 6.07) is 13.1. The van der Waals surface area contributed by atoms with Gasteiger partial charge in [0.2, 0.25) is 0 Å². The number of H-pyrrole nitrogens is 1. The molecule has 0 radical (unpaired) electrons. The van der Waals surface area contributed by atoms with Crippen LogP contribution in [0.3, 0.4) is 0 Å². The molecule has 1 aromatic carbocycles. The number of hydrogen-bond acceptors (Lipinski definition) is 3. The van der Waals surface area contributed by atoms with Crippen molar-refractivity contribution in [3.05, 3.63) is 48.3 Å². The third kappa shape index (κ3) is 2.88. The molecule has 3 atom stereocenters. The lowest BCUT2D eigenvalue weighted by molar-refractivity contribution is 0.393. The Hall–Kier alpha value is -1.73. The van der Waals surface area contributed by atoms with Crippen molar-refractivity contribution in [2.24, 2.45) is 5.92 Å². The molecule has 1 saturated carbocycles. The van der Waals surface area contributed by atoms with Crippen LogP contribution in [0.1, 0.15) is 30.7 Å². The predicted octanol–water partition coefficient (Wildman–Crippen LogP) is 3.98. The smallest absolute Gasteiger partial charge is 0.165 e. The van der Waals surface area contributed by atoms with Crippen LogP contribution in [0.25, 0.3) is 0 Å². The molecule has 0 spiro atoms. The largest absolute Gasteiger partial charge is 0.340 e. The summed E-state index contributed by atoms with van der Waals surface area (Å²) in [4.78, 5) is 7.40. The van der Waals surface area contributed by atoms with Crippen molar-refractivity contribution >= 4 is 11.8 Å². The number of imidazole rings is 1. The first-order valence-electron chi connectivity index (χ1n) is 6.97. The quantitative estimate of drug-likeness (QED) is 0.927. The van der Waals surface area contributed by atoms with Gasteiger partial charge in [0.1, 0.15) is 0 Å². The molecule has 1 heterocycles. The third-order valence-electron chi connectivity index (χ3n) is 3.96. The van der Waals surface area contributed by atoms with Gasteiger partial charge in [0.05, 0.1) is 12.0 Å². The first-order chi connectivity index (χ1) is 9.86. The Morgan fingerprint density at radius 2 is 2.10 bits per heavy atom. The number of nitrogens with one attached hydrogen (secondary N) is 1. The summed E-state index contributed by atoms with van der Waals surface area (Å²) in [6.45, 7) is 0. The Morgan fingerprint density at radius 3 is 2.80 bits per heavy atom. The number of nitriles is 1. The second-order valence-corrected chi connectivity index (χ2v) is 6.43. The minimum absolute atomic E-state index is 0.130. The Balaban J connectivity index is 1.74. The van der Waals surface area contributed by atoms with Gasteiger partial charge in [-0.05, 0) is 30.7 Å². The highest BCUT2D eigenvalue weighted by molar-refractivity contribution is 7.99. The first-order valence-corrected chi connectivity index (χ1v) is 7.85. The monoisotopic (exact) mass is 283 g/mol. The average molecular weight is 283 g/mol. The fraction of sp³-hybridized carbons (Fsp3) is 0.375. The molecular formula is C16H17N3S. The van der Waals surface area contributed by atoms with Crippen molar-refractivity contribution in [3.63, 3.8) is 0 Å². The Bertz CT molecular complexity index is 574. The minimum atomic E-state index is 0.130. The molecule has 3 unspecified atom stereocenters. The minimum Gasteiger partial charge on any atom is -0.340 e. The Morgan fingerprint density at radius 1 is 1.25 bits per heavy atom. The third-order valence-corrected chi connectivity index (χ3v) is 5.23. The highest BCUT2D eigenvalue weighted by Gasteiger charge is 2.32. The maximum Gasteiger partial charge on any atom is 0.165 e. The van der Waals surface area contributed by atoms with Gasteiger partial charge < -0.3 is 4.98 Å². The molecule has 0 amide bonds. The molecule has 1 aliphatic rings. The van der Waals surface area contributed by atoms with Crippen molar-refractivity contribution in [1.29, 1.82) is 5.26 Å². The summed E-state index contributed by atoms with van der Waals surface area (Å²) >= 11 is 1.71. The lowest BCUT2D eigenvalue weighted by Gasteiger charge is -2.32. The molecule has 20 heavy (non-hydrogen) atoms. The molecule has 4 heteroatoms. The number of nitrogens with zero attached hydrogens (tertiary/aromatic N) is 2. The summed E-state index contributed by atoms with van der Waals surface area (Å²) in [5.74, 6) is 0.693. The normalized spacial score (nSPS) is 26.1. The van der Waals surface area contributed by atoms with E-state index in [0.29, 0.717) is 11.2 Å². The molecule has 1 aromatic heterocycles. The van der Waals surface area contributed by atoms with Crippen molar-refractivity contribution in [3.8, 4) is 6.07 Å². The first kappa shape index (κ1) is 13.3. The Kier molecular flexibility index (Phi) is 4.08. The number of rotatable bonds is 3. The van der Waals surface area contributed by atoms with Crippen LogP contribution >= 0.6 is 11.8 Å². The molecule has 2 aromatic rings. The van der Waals surface area contributed by atoms with Gasteiger partial charge >= 0.3 is 0 Å². The van der Waals surface area contributed by atoms with Crippen molar-refractivity contribution in [1.82, 2.24) is 9.97 Å². The molecule has 1 fully saturated rings. The van der Waals surface area contributed by atoms with Gasteiger partial charge in [-0.2, -0.15) is 5.26 Å². The zero-order valence-corrected chi connectivity index (χ0v) is 12.0. The van der Waals surface area contributed by atoms with Gasteiger partial charge in [0, 0.05) is 17.6 Å². The van der Waals surface area contributed by atoms with E-state index in [1.165, 1.54) is 5.56 Å². The lowest BCUT2D eigenvalue weighted by atomic mass is 9.79. The molecule has 3 rings (SSSR count). The summed E-state index contributed by atoms with van der Waals surface area (Å²) in [6.07, 6.45) is 6.74. The Labute approximate surface area is 123 Å². The number of aromatic amines is 1. The van der Waals surface area contributed by atoms with Gasteiger partial charge in [0.25, 0.3) is 0 Å². The van der Waals surface area contributed by atoms with Gasteiger partial charge in [-0.15, -0.1) is 0 Å². The van der Waals surface area contributed by atoms with E-state index < -0.39 is 0 Å². The second kappa shape index (κ2) is 6.15. The zero-order chi connectivity index (χ0) is 13.8. The molecular weight excluding hydrogens is 266 g/mol. The zero-order valence-electron chi connectivity index (χ0n) is 11.2. The van der Waals surface area contributed by atoms with E-state index in [1.807, 2.05) is 6.20 Å². The second-order valence-electron chi connectivity index (χ2n) is 5.21. The van der Waals surface area contributed by atoms with E-state index in [0.717, 1.165) is 24.4 Å². The van der Waals surface area contributed by atoms with Crippen LogP contribution in [0.15, 0.2) is 47.9 Å². The maximum absolute atomic E-state index is 9.35. The van der Waals surface area contributed by atoms with Gasteiger partial charge in [-0.1, -0.05) is 42.1 Å². The molecule has 1 N–H and O–H groups in total. The van der Waals surface area contributed by atoms with E-state index in [2.05, 4.69) is 46.4 Å². The number of aromatic nitrogens is 2. The van der Waals surface area contributed by atoms with Crippen molar-refractivity contribution in [2.45, 2.75) is 35.6 Å². The van der Waals surface area contributed by atoms with Gasteiger partial charge in [-0.3, -0.25) is 0 Å². The molecule has 1 aliphatic carbocycles. The molecule has 0 aliphatic heterocycles. The van der Waals surface area contributed by atoms with Crippen molar-refractivity contribution in [2.75, 3.05) is 0 Å². The van der Waals surface area contributed by atoms with Crippen LogP contribution in [0.5, 0.6) is 0 Å². The standard InChI is InChI=1S/C16H17N3S/c17-11-14-7-6-13(12-4-2-1-3-5-12)10-15(14)20-16-18-8-9-19-16/h1-5,8-9,13-15H,6-7,10H2,(H,18,19). The van der Waals surface area contributed by atoms with E-state index in [1.54, 1.807) is 18.0 Å². The van der Waals surface area contributed by atoms with Crippen LogP contribution in [-0.4, -0.2) is 15.2 Å². The van der Waals surface area contributed by atoms with Crippen LogP contribution in [0.4, 0.5) is 0 Å². The maximum atomic E-state index is 9.35. The number of benzene rings is 1. The highest BCUT2D eigenvalue weighted by atomic mass is 32.2. The topological polar surface area (TPSA) is 52.5 Å². The number of hydrogen-bond donors (Lipinski definition) is 1. The SMILES string of the molecule is N#CC1CCC(c2ccccc2)CC1Sc1ncc[nH]1. The highest BCUT2D eigenvalue weighted by Crippen LogP contribution is 2.42. The van der Waals surface area contributed by atoms with Gasteiger partial charge in [-0.25, -0.2) is 4.98 Å². The molecule has 102 valence electrons. The molecule has 0 saturated heterocycles. The lowest BCUT2D eigenvalue weighted by Crippen LogP contribution is -2.25. The van der Waals surface area contributed by atoms with Crippen LogP contribution < -0.4 is 0 Å². The molecule has 3 nitrogen and oxygen atoms in total. The van der Waals surface area contributed by atoms with Crippen LogP contribution in [0.2, 0.25) is 0 Å². The molecule has 0 bridgehead atoms. The van der Waals surface area contributed by atoms with E-state index in [-0.39, 0.29) is 5.92 Å². The number of thioether (sulfide) groups is 1. The van der Waals surface area contributed by atoms with Crippen LogP contribution in [0, 0.1) is 17.2 Å². The van der Waals surface area contributed by atoms with Gasteiger partial charge in [0.15, 0.2) is 5.16 Å². The van der Waals surface area contributed by atoms with E-state index in [4.69, 9.17) is 0 Å². The summed E-state index contributed by atoms with van der Waals surface area (Å²) in [5, 5.41) is 10.6. The average Bonchev–Trinajstić information content (AvgIpc) is 3.01. The summed E-state index contributed by atoms with van der Waals surface area (Å²) in [5.41, 5.74) is 1.40.